The summed E-state index contributed by atoms with van der Waals surface area (Å²) >= 11 is 0. The molecule has 4 nitrogen and oxygen atoms in total. The van der Waals surface area contributed by atoms with Gasteiger partial charge in [-0.1, -0.05) is 32.0 Å². The van der Waals surface area contributed by atoms with E-state index in [1.54, 1.807) is 0 Å². The molecular weight excluding hydrogens is 372 g/mol. The number of ketones is 1. The van der Waals surface area contributed by atoms with Gasteiger partial charge in [-0.25, -0.2) is 0 Å². The highest BCUT2D eigenvalue weighted by molar-refractivity contribution is 6.04. The second kappa shape index (κ2) is 6.98. The van der Waals surface area contributed by atoms with E-state index in [-0.39, 0.29) is 17.1 Å². The average Bonchev–Trinajstić information content (AvgIpc) is 2.72. The Labute approximate surface area is 177 Å². The van der Waals surface area contributed by atoms with E-state index in [9.17, 15) is 4.79 Å². The number of benzene rings is 2. The van der Waals surface area contributed by atoms with Crippen LogP contribution in [0.25, 0.3) is 10.9 Å². The van der Waals surface area contributed by atoms with Crippen molar-refractivity contribution in [3.63, 3.8) is 0 Å². The van der Waals surface area contributed by atoms with Crippen LogP contribution in [-0.2, 0) is 4.79 Å². The van der Waals surface area contributed by atoms with E-state index in [0.29, 0.717) is 13.0 Å². The molecule has 3 aromatic rings. The number of nitrogens with zero attached hydrogens (tertiary/aromatic N) is 1. The molecule has 0 spiro atoms. The van der Waals surface area contributed by atoms with E-state index < -0.39 is 0 Å². The van der Waals surface area contributed by atoms with Crippen molar-refractivity contribution >= 4 is 22.4 Å². The molecule has 152 valence electrons. The summed E-state index contributed by atoms with van der Waals surface area (Å²) in [7, 11) is 0. The van der Waals surface area contributed by atoms with Gasteiger partial charge in [-0.2, -0.15) is 0 Å². The lowest BCUT2D eigenvalue weighted by molar-refractivity contribution is -0.118. The number of allylic oxidation sites excluding steroid dienone is 2. The predicted molar refractivity (Wildman–Crippen MR) is 120 cm³/mol. The van der Waals surface area contributed by atoms with Crippen LogP contribution in [0.1, 0.15) is 50.7 Å². The maximum Gasteiger partial charge on any atom is 0.162 e. The Kier molecular flexibility index (Phi) is 4.39. The van der Waals surface area contributed by atoms with Crippen LogP contribution in [0.3, 0.4) is 0 Å². The SMILES string of the molecule is CCOc1ccc([C@@H]2C3=C(CC(C)(C)CC3=O)Nc3ccc4ncccc4c32)cc1. The molecule has 0 radical (unpaired) electrons. The highest BCUT2D eigenvalue weighted by Crippen LogP contribution is 2.50. The zero-order valence-corrected chi connectivity index (χ0v) is 17.7. The molecule has 0 amide bonds. The molecule has 0 fully saturated rings. The third-order valence-electron chi connectivity index (χ3n) is 6.13. The Morgan fingerprint density at radius 1 is 1.10 bits per heavy atom. The maximum absolute atomic E-state index is 13.4. The summed E-state index contributed by atoms with van der Waals surface area (Å²) < 4.78 is 5.64. The van der Waals surface area contributed by atoms with E-state index >= 15 is 0 Å². The number of carbonyl (C=O) groups is 1. The standard InChI is InChI=1S/C26H26N2O2/c1-4-30-17-9-7-16(8-10-17)23-24-18-6-5-13-27-19(18)11-12-20(24)28-21-14-26(2,3)15-22(29)25(21)23/h5-13,23,28H,4,14-15H2,1-3H3/t23-/m0/s1. The second-order valence-corrected chi connectivity index (χ2v) is 8.99. The Morgan fingerprint density at radius 3 is 2.67 bits per heavy atom. The molecule has 30 heavy (non-hydrogen) atoms. The third kappa shape index (κ3) is 3.07. The van der Waals surface area contributed by atoms with Crippen LogP contribution >= 0.6 is 0 Å². The predicted octanol–water partition coefficient (Wildman–Crippen LogP) is 5.83. The van der Waals surface area contributed by atoms with Crippen LogP contribution in [0.4, 0.5) is 5.69 Å². The van der Waals surface area contributed by atoms with E-state index in [2.05, 4.69) is 54.5 Å². The smallest absolute Gasteiger partial charge is 0.162 e. The van der Waals surface area contributed by atoms with Gasteiger partial charge < -0.3 is 10.1 Å². The number of fused-ring (bicyclic) bond motifs is 3. The first-order valence-electron chi connectivity index (χ1n) is 10.6. The Hall–Kier alpha value is -3.14. The molecule has 1 atom stereocenters. The highest BCUT2D eigenvalue weighted by atomic mass is 16.5. The minimum Gasteiger partial charge on any atom is -0.494 e. The number of hydrogen-bond acceptors (Lipinski definition) is 4. The van der Waals surface area contributed by atoms with E-state index in [4.69, 9.17) is 4.74 Å². The fraction of sp³-hybridized carbons (Fsp3) is 0.308. The van der Waals surface area contributed by atoms with Gasteiger partial charge >= 0.3 is 0 Å². The molecule has 2 heterocycles. The fourth-order valence-corrected chi connectivity index (χ4v) is 4.94. The van der Waals surface area contributed by atoms with Crippen LogP contribution < -0.4 is 10.1 Å². The molecule has 0 bridgehead atoms. The molecule has 1 aromatic heterocycles. The summed E-state index contributed by atoms with van der Waals surface area (Å²) in [5, 5.41) is 4.70. The van der Waals surface area contributed by atoms with Crippen LogP contribution in [0.2, 0.25) is 0 Å². The molecule has 1 aliphatic carbocycles. The number of anilines is 1. The maximum atomic E-state index is 13.4. The van der Waals surface area contributed by atoms with Gasteiger partial charge in [0, 0.05) is 40.9 Å². The summed E-state index contributed by atoms with van der Waals surface area (Å²) in [6, 6.07) is 16.4. The number of pyridine rings is 1. The number of Topliss-reactive ketones (excluding diaryl/α,β-unsaturated/α-hetero) is 1. The van der Waals surface area contributed by atoms with Crippen molar-refractivity contribution < 1.29 is 9.53 Å². The lowest BCUT2D eigenvalue weighted by atomic mass is 9.68. The Morgan fingerprint density at radius 2 is 1.90 bits per heavy atom. The van der Waals surface area contributed by atoms with Gasteiger partial charge in [-0.05, 0) is 60.2 Å². The summed E-state index contributed by atoms with van der Waals surface area (Å²) in [5.41, 5.74) is 6.19. The van der Waals surface area contributed by atoms with Gasteiger partial charge in [-0.15, -0.1) is 0 Å². The first-order valence-corrected chi connectivity index (χ1v) is 10.6. The molecule has 1 N–H and O–H groups in total. The van der Waals surface area contributed by atoms with Crippen LogP contribution in [0.5, 0.6) is 5.75 Å². The molecular formula is C26H26N2O2. The van der Waals surface area contributed by atoms with Crippen LogP contribution in [0.15, 0.2) is 66.0 Å². The van der Waals surface area contributed by atoms with Gasteiger partial charge in [0.25, 0.3) is 0 Å². The minimum atomic E-state index is -0.108. The van der Waals surface area contributed by atoms with Crippen molar-refractivity contribution in [3.8, 4) is 5.75 Å². The third-order valence-corrected chi connectivity index (χ3v) is 6.13. The zero-order valence-electron chi connectivity index (χ0n) is 17.7. The summed E-state index contributed by atoms with van der Waals surface area (Å²) in [6.45, 7) is 6.95. The van der Waals surface area contributed by atoms with Gasteiger partial charge in [0.1, 0.15) is 5.75 Å². The van der Waals surface area contributed by atoms with Crippen LogP contribution in [0, 0.1) is 5.41 Å². The minimum absolute atomic E-state index is 0.0395. The molecule has 4 heteroatoms. The van der Waals surface area contributed by atoms with Crippen molar-refractivity contribution in [1.82, 2.24) is 4.98 Å². The summed E-state index contributed by atoms with van der Waals surface area (Å²) in [6.07, 6.45) is 3.25. The van der Waals surface area contributed by atoms with E-state index in [1.165, 1.54) is 0 Å². The van der Waals surface area contributed by atoms with Crippen molar-refractivity contribution in [2.75, 3.05) is 11.9 Å². The number of carbonyl (C=O) groups excluding carboxylic acids is 1. The quantitative estimate of drug-likeness (QED) is 0.603. The van der Waals surface area contributed by atoms with Gasteiger partial charge in [-0.3, -0.25) is 9.78 Å². The van der Waals surface area contributed by atoms with Gasteiger partial charge in [0.05, 0.1) is 12.1 Å². The van der Waals surface area contributed by atoms with Gasteiger partial charge in [0.15, 0.2) is 5.78 Å². The highest BCUT2D eigenvalue weighted by Gasteiger charge is 2.41. The molecule has 1 aliphatic heterocycles. The van der Waals surface area contributed by atoms with Crippen molar-refractivity contribution in [3.05, 3.63) is 77.1 Å². The lowest BCUT2D eigenvalue weighted by Gasteiger charge is -2.40. The number of hydrogen-bond donors (Lipinski definition) is 1. The molecule has 0 unspecified atom stereocenters. The van der Waals surface area contributed by atoms with E-state index in [1.807, 2.05) is 31.3 Å². The number of nitrogens with one attached hydrogen (secondary N) is 1. The number of aromatic nitrogens is 1. The molecule has 0 saturated heterocycles. The topological polar surface area (TPSA) is 51.2 Å². The van der Waals surface area contributed by atoms with Crippen molar-refractivity contribution in [1.29, 1.82) is 0 Å². The Balaban J connectivity index is 1.75. The van der Waals surface area contributed by atoms with Crippen molar-refractivity contribution in [2.45, 2.75) is 39.5 Å². The van der Waals surface area contributed by atoms with Crippen molar-refractivity contribution in [2.24, 2.45) is 5.41 Å². The van der Waals surface area contributed by atoms with Gasteiger partial charge in [0.2, 0.25) is 0 Å². The van der Waals surface area contributed by atoms with Crippen LogP contribution in [-0.4, -0.2) is 17.4 Å². The second-order valence-electron chi connectivity index (χ2n) is 8.99. The molecule has 2 aromatic carbocycles. The monoisotopic (exact) mass is 398 g/mol. The average molecular weight is 399 g/mol. The Bertz CT molecular complexity index is 1180. The number of ether oxygens (including phenoxy) is 1. The summed E-state index contributed by atoms with van der Waals surface area (Å²) in [4.78, 5) is 18.0. The lowest BCUT2D eigenvalue weighted by Crippen LogP contribution is -2.33. The molecule has 5 rings (SSSR count). The zero-order chi connectivity index (χ0) is 20.9. The largest absolute Gasteiger partial charge is 0.494 e. The molecule has 2 aliphatic rings. The fourth-order valence-electron chi connectivity index (χ4n) is 4.94. The number of rotatable bonds is 3. The normalized spacial score (nSPS) is 19.8. The summed E-state index contributed by atoms with van der Waals surface area (Å²) in [5.74, 6) is 0.975. The first kappa shape index (κ1) is 18.9. The molecule has 0 saturated carbocycles. The van der Waals surface area contributed by atoms with E-state index in [0.717, 1.165) is 51.2 Å². The first-order chi connectivity index (χ1) is 14.5.